The Morgan fingerprint density at radius 1 is 1.33 bits per heavy atom. The van der Waals surface area contributed by atoms with Gasteiger partial charge in [0.15, 0.2) is 5.69 Å². The molecule has 2 aliphatic heterocycles. The van der Waals surface area contributed by atoms with Crippen molar-refractivity contribution in [3.05, 3.63) is 35.7 Å². The summed E-state index contributed by atoms with van der Waals surface area (Å²) in [7, 11) is 0. The Morgan fingerprint density at radius 2 is 2.17 bits per heavy atom. The molecule has 7 nitrogen and oxygen atoms in total. The van der Waals surface area contributed by atoms with E-state index < -0.39 is 0 Å². The SMILES string of the molecule is Cl.O=C(Nc1ccc2c(c1)CCO2)c1cn(C2CCNCC2)nn1. The van der Waals surface area contributed by atoms with Gasteiger partial charge in [-0.25, -0.2) is 4.68 Å². The first-order chi connectivity index (χ1) is 11.3. The highest BCUT2D eigenvalue weighted by Gasteiger charge is 2.19. The lowest BCUT2D eigenvalue weighted by molar-refractivity contribution is 0.102. The largest absolute Gasteiger partial charge is 0.493 e. The molecule has 2 aliphatic rings. The van der Waals surface area contributed by atoms with Crippen molar-refractivity contribution < 1.29 is 9.53 Å². The van der Waals surface area contributed by atoms with E-state index in [-0.39, 0.29) is 18.3 Å². The summed E-state index contributed by atoms with van der Waals surface area (Å²) in [6, 6.07) is 6.02. The number of nitrogens with one attached hydrogen (secondary N) is 2. The molecule has 0 bridgehead atoms. The van der Waals surface area contributed by atoms with Gasteiger partial charge >= 0.3 is 0 Å². The molecular weight excluding hydrogens is 330 g/mol. The Balaban J connectivity index is 0.00000169. The van der Waals surface area contributed by atoms with Crippen LogP contribution in [0.2, 0.25) is 0 Å². The van der Waals surface area contributed by atoms with Crippen molar-refractivity contribution in [2.45, 2.75) is 25.3 Å². The number of carbonyl (C=O) groups excluding carboxylic acids is 1. The molecule has 1 saturated heterocycles. The second-order valence-corrected chi connectivity index (χ2v) is 5.94. The Bertz CT molecular complexity index is 727. The second-order valence-electron chi connectivity index (χ2n) is 5.94. The summed E-state index contributed by atoms with van der Waals surface area (Å²) in [6.07, 6.45) is 4.64. The first-order valence-electron chi connectivity index (χ1n) is 7.99. The third-order valence-electron chi connectivity index (χ3n) is 4.37. The van der Waals surface area contributed by atoms with E-state index in [0.717, 1.165) is 49.4 Å². The summed E-state index contributed by atoms with van der Waals surface area (Å²) in [5.41, 5.74) is 2.23. The molecule has 3 heterocycles. The minimum atomic E-state index is -0.232. The molecule has 4 rings (SSSR count). The number of ether oxygens (including phenoxy) is 1. The molecule has 2 aromatic rings. The number of carbonyl (C=O) groups is 1. The fourth-order valence-corrected chi connectivity index (χ4v) is 3.09. The quantitative estimate of drug-likeness (QED) is 0.883. The van der Waals surface area contributed by atoms with Crippen LogP contribution in [0.4, 0.5) is 5.69 Å². The zero-order valence-corrected chi connectivity index (χ0v) is 14.0. The topological polar surface area (TPSA) is 81.1 Å². The summed E-state index contributed by atoms with van der Waals surface area (Å²) in [5.74, 6) is 0.670. The van der Waals surface area contributed by atoms with E-state index in [9.17, 15) is 4.79 Å². The van der Waals surface area contributed by atoms with Crippen LogP contribution < -0.4 is 15.4 Å². The standard InChI is InChI=1S/C16H19N5O2.ClH/c22-16(18-12-1-2-15-11(9-12)5-8-23-15)14-10-21(20-19-14)13-3-6-17-7-4-13;/h1-2,9-10,13,17H,3-8H2,(H,18,22);1H. The van der Waals surface area contributed by atoms with E-state index in [1.54, 1.807) is 6.20 Å². The molecule has 0 saturated carbocycles. The predicted octanol–water partition coefficient (Wildman–Crippen LogP) is 1.81. The lowest BCUT2D eigenvalue weighted by atomic mass is 10.1. The minimum absolute atomic E-state index is 0. The van der Waals surface area contributed by atoms with Crippen LogP contribution in [0.3, 0.4) is 0 Å². The van der Waals surface area contributed by atoms with Gasteiger partial charge in [-0.1, -0.05) is 5.21 Å². The van der Waals surface area contributed by atoms with Crippen LogP contribution in [-0.4, -0.2) is 40.6 Å². The van der Waals surface area contributed by atoms with Gasteiger partial charge in [-0.2, -0.15) is 0 Å². The molecule has 0 unspecified atom stereocenters. The van der Waals surface area contributed by atoms with E-state index in [4.69, 9.17) is 4.74 Å². The van der Waals surface area contributed by atoms with Crippen molar-refractivity contribution in [3.63, 3.8) is 0 Å². The highest BCUT2D eigenvalue weighted by molar-refractivity contribution is 6.02. The van der Waals surface area contributed by atoms with Gasteiger partial charge < -0.3 is 15.4 Å². The van der Waals surface area contributed by atoms with Gasteiger partial charge in [-0.05, 0) is 49.7 Å². The third-order valence-corrected chi connectivity index (χ3v) is 4.37. The van der Waals surface area contributed by atoms with Crippen LogP contribution in [0.25, 0.3) is 0 Å². The van der Waals surface area contributed by atoms with Crippen LogP contribution in [-0.2, 0) is 6.42 Å². The third kappa shape index (κ3) is 3.37. The van der Waals surface area contributed by atoms with Crippen LogP contribution in [0.1, 0.15) is 34.9 Å². The monoisotopic (exact) mass is 349 g/mol. The fraction of sp³-hybridized carbons (Fsp3) is 0.438. The minimum Gasteiger partial charge on any atom is -0.493 e. The second kappa shape index (κ2) is 7.19. The average Bonchev–Trinajstić information content (AvgIpc) is 3.24. The normalized spacial score (nSPS) is 16.8. The average molecular weight is 350 g/mol. The number of piperidine rings is 1. The van der Waals surface area contributed by atoms with Gasteiger partial charge in [0.05, 0.1) is 18.8 Å². The maximum atomic E-state index is 12.3. The first kappa shape index (κ1) is 16.7. The molecular formula is C16H20ClN5O2. The highest BCUT2D eigenvalue weighted by atomic mass is 35.5. The van der Waals surface area contributed by atoms with E-state index in [0.29, 0.717) is 18.3 Å². The molecule has 2 N–H and O–H groups in total. The first-order valence-corrected chi connectivity index (χ1v) is 7.99. The molecule has 24 heavy (non-hydrogen) atoms. The Morgan fingerprint density at radius 3 is 3.00 bits per heavy atom. The number of anilines is 1. The van der Waals surface area contributed by atoms with Crippen molar-refractivity contribution in [1.82, 2.24) is 20.3 Å². The van der Waals surface area contributed by atoms with Crippen LogP contribution >= 0.6 is 12.4 Å². The van der Waals surface area contributed by atoms with E-state index >= 15 is 0 Å². The summed E-state index contributed by atoms with van der Waals surface area (Å²) >= 11 is 0. The number of aromatic nitrogens is 3. The number of benzene rings is 1. The predicted molar refractivity (Wildman–Crippen MR) is 92.0 cm³/mol. The Hall–Kier alpha value is -2.12. The molecule has 1 amide bonds. The van der Waals surface area contributed by atoms with Gasteiger partial charge in [0.25, 0.3) is 5.91 Å². The number of hydrogen-bond acceptors (Lipinski definition) is 5. The van der Waals surface area contributed by atoms with Gasteiger partial charge in [-0.15, -0.1) is 17.5 Å². The number of halogens is 1. The number of rotatable bonds is 3. The van der Waals surface area contributed by atoms with Gasteiger partial charge in [0.1, 0.15) is 5.75 Å². The highest BCUT2D eigenvalue weighted by Crippen LogP contribution is 2.28. The van der Waals surface area contributed by atoms with Crippen LogP contribution in [0.5, 0.6) is 5.75 Å². The van der Waals surface area contributed by atoms with Crippen LogP contribution in [0.15, 0.2) is 24.4 Å². The molecule has 8 heteroatoms. The van der Waals surface area contributed by atoms with E-state index in [1.807, 2.05) is 22.9 Å². The van der Waals surface area contributed by atoms with E-state index in [1.165, 1.54) is 0 Å². The van der Waals surface area contributed by atoms with Crippen molar-refractivity contribution in [3.8, 4) is 5.75 Å². The Labute approximate surface area is 146 Å². The summed E-state index contributed by atoms with van der Waals surface area (Å²) in [4.78, 5) is 12.3. The van der Waals surface area contributed by atoms with Crippen molar-refractivity contribution in [2.24, 2.45) is 0 Å². The van der Waals surface area contributed by atoms with Crippen molar-refractivity contribution in [1.29, 1.82) is 0 Å². The maximum absolute atomic E-state index is 12.3. The van der Waals surface area contributed by atoms with Gasteiger partial charge in [0, 0.05) is 12.1 Å². The number of nitrogens with zero attached hydrogens (tertiary/aromatic N) is 3. The lowest BCUT2D eigenvalue weighted by Crippen LogP contribution is -2.29. The molecule has 0 atom stereocenters. The smallest absolute Gasteiger partial charge is 0.277 e. The molecule has 0 aliphatic carbocycles. The number of hydrogen-bond donors (Lipinski definition) is 2. The molecule has 1 fully saturated rings. The zero-order chi connectivity index (χ0) is 15.6. The lowest BCUT2D eigenvalue weighted by Gasteiger charge is -2.22. The summed E-state index contributed by atoms with van der Waals surface area (Å²) in [6.45, 7) is 2.66. The molecule has 1 aromatic carbocycles. The Kier molecular flexibility index (Phi) is 5.01. The van der Waals surface area contributed by atoms with Gasteiger partial charge in [-0.3, -0.25) is 4.79 Å². The number of fused-ring (bicyclic) bond motifs is 1. The van der Waals surface area contributed by atoms with E-state index in [2.05, 4.69) is 20.9 Å². The number of amides is 1. The molecule has 0 radical (unpaired) electrons. The molecule has 1 aromatic heterocycles. The molecule has 0 spiro atoms. The zero-order valence-electron chi connectivity index (χ0n) is 13.2. The van der Waals surface area contributed by atoms with Crippen LogP contribution in [0, 0.1) is 0 Å². The van der Waals surface area contributed by atoms with Gasteiger partial charge in [0.2, 0.25) is 0 Å². The maximum Gasteiger partial charge on any atom is 0.277 e. The molecule has 128 valence electrons. The fourth-order valence-electron chi connectivity index (χ4n) is 3.09. The van der Waals surface area contributed by atoms with Crippen molar-refractivity contribution in [2.75, 3.05) is 25.0 Å². The summed E-state index contributed by atoms with van der Waals surface area (Å²) < 4.78 is 7.28. The summed E-state index contributed by atoms with van der Waals surface area (Å²) in [5, 5.41) is 14.3. The van der Waals surface area contributed by atoms with Crippen molar-refractivity contribution >= 4 is 24.0 Å².